The van der Waals surface area contributed by atoms with Gasteiger partial charge in [-0.05, 0) is 24.6 Å². The Bertz CT molecular complexity index is 567. The van der Waals surface area contributed by atoms with Crippen molar-refractivity contribution < 1.29 is 9.47 Å². The van der Waals surface area contributed by atoms with Gasteiger partial charge in [0.05, 0.1) is 5.69 Å². The number of aryl methyl sites for hydroxylation is 1. The number of para-hydroxylation sites is 1. The molecule has 0 spiro atoms. The van der Waals surface area contributed by atoms with Crippen LogP contribution in [0, 0.1) is 6.92 Å². The van der Waals surface area contributed by atoms with E-state index in [0.29, 0.717) is 6.79 Å². The van der Waals surface area contributed by atoms with E-state index in [1.54, 1.807) is 0 Å². The molecule has 1 aromatic heterocycles. The van der Waals surface area contributed by atoms with Crippen LogP contribution >= 0.6 is 0 Å². The number of rotatable bonds is 4. The highest BCUT2D eigenvalue weighted by Gasteiger charge is 2.16. The molecule has 0 atom stereocenters. The Morgan fingerprint density at radius 1 is 1.16 bits per heavy atom. The molecular weight excluding hydrogens is 240 g/mol. The number of fused-ring (bicyclic) bond motifs is 1. The number of hydrogen-bond acceptors (Lipinski definition) is 4. The summed E-state index contributed by atoms with van der Waals surface area (Å²) in [5.41, 5.74) is 3.33. The van der Waals surface area contributed by atoms with E-state index in [9.17, 15) is 0 Å². The van der Waals surface area contributed by atoms with E-state index < -0.39 is 0 Å². The Balaban J connectivity index is 1.61. The Hall–Kier alpha value is -2.07. The van der Waals surface area contributed by atoms with Gasteiger partial charge in [0.15, 0.2) is 11.5 Å². The van der Waals surface area contributed by atoms with Gasteiger partial charge in [0, 0.05) is 24.8 Å². The normalized spacial score (nSPS) is 12.7. The Morgan fingerprint density at radius 2 is 2.11 bits per heavy atom. The summed E-state index contributed by atoms with van der Waals surface area (Å²) >= 11 is 0. The maximum Gasteiger partial charge on any atom is 0.231 e. The van der Waals surface area contributed by atoms with Crippen LogP contribution in [0.15, 0.2) is 36.5 Å². The van der Waals surface area contributed by atoms with Crippen molar-refractivity contribution in [2.45, 2.75) is 20.0 Å². The standard InChI is InChI=1S/C15H16N2O2/c1-11-5-6-13(17-7-11)9-16-8-12-3-2-4-14-15(12)19-10-18-14/h2-7,16H,8-10H2,1H3. The molecule has 0 radical (unpaired) electrons. The highest BCUT2D eigenvalue weighted by Crippen LogP contribution is 2.35. The maximum absolute atomic E-state index is 5.47. The molecule has 4 heteroatoms. The third-order valence-electron chi connectivity index (χ3n) is 3.07. The van der Waals surface area contributed by atoms with Gasteiger partial charge in [-0.2, -0.15) is 0 Å². The first-order valence-electron chi connectivity index (χ1n) is 6.32. The highest BCUT2D eigenvalue weighted by atomic mass is 16.7. The molecule has 0 saturated carbocycles. The van der Waals surface area contributed by atoms with Crippen molar-refractivity contribution in [1.29, 1.82) is 0 Å². The van der Waals surface area contributed by atoms with Gasteiger partial charge in [0.25, 0.3) is 0 Å². The summed E-state index contributed by atoms with van der Waals surface area (Å²) in [7, 11) is 0. The lowest BCUT2D eigenvalue weighted by Gasteiger charge is -2.07. The zero-order chi connectivity index (χ0) is 13.1. The van der Waals surface area contributed by atoms with Crippen molar-refractivity contribution in [2.75, 3.05) is 6.79 Å². The lowest BCUT2D eigenvalue weighted by Crippen LogP contribution is -2.14. The Morgan fingerprint density at radius 3 is 2.95 bits per heavy atom. The molecule has 0 saturated heterocycles. The summed E-state index contributed by atoms with van der Waals surface area (Å²) in [5.74, 6) is 1.68. The van der Waals surface area contributed by atoms with Crippen LogP contribution in [0.5, 0.6) is 11.5 Å². The van der Waals surface area contributed by atoms with Crippen LogP contribution in [0.4, 0.5) is 0 Å². The first-order valence-corrected chi connectivity index (χ1v) is 6.32. The maximum atomic E-state index is 5.47. The second-order valence-electron chi connectivity index (χ2n) is 4.58. The van der Waals surface area contributed by atoms with E-state index in [-0.39, 0.29) is 0 Å². The lowest BCUT2D eigenvalue weighted by molar-refractivity contribution is 0.173. The van der Waals surface area contributed by atoms with Gasteiger partial charge >= 0.3 is 0 Å². The minimum absolute atomic E-state index is 0.311. The fourth-order valence-corrected chi connectivity index (χ4v) is 2.06. The van der Waals surface area contributed by atoms with Gasteiger partial charge < -0.3 is 14.8 Å². The van der Waals surface area contributed by atoms with E-state index >= 15 is 0 Å². The summed E-state index contributed by atoms with van der Waals surface area (Å²) in [6, 6.07) is 10.1. The number of pyridine rings is 1. The summed E-state index contributed by atoms with van der Waals surface area (Å²) in [6.45, 7) is 3.83. The highest BCUT2D eigenvalue weighted by molar-refractivity contribution is 5.48. The molecule has 0 fully saturated rings. The van der Waals surface area contributed by atoms with Crippen LogP contribution < -0.4 is 14.8 Å². The monoisotopic (exact) mass is 256 g/mol. The SMILES string of the molecule is Cc1ccc(CNCc2cccc3c2OCO3)nc1. The van der Waals surface area contributed by atoms with Gasteiger partial charge in [-0.25, -0.2) is 0 Å². The van der Waals surface area contributed by atoms with E-state index in [2.05, 4.69) is 16.4 Å². The second kappa shape index (κ2) is 5.28. The predicted octanol–water partition coefficient (Wildman–Crippen LogP) is 2.41. The van der Waals surface area contributed by atoms with E-state index in [4.69, 9.17) is 9.47 Å². The zero-order valence-corrected chi connectivity index (χ0v) is 10.8. The topological polar surface area (TPSA) is 43.4 Å². The zero-order valence-electron chi connectivity index (χ0n) is 10.8. The number of hydrogen-bond donors (Lipinski definition) is 1. The number of benzene rings is 1. The van der Waals surface area contributed by atoms with Crippen molar-refractivity contribution >= 4 is 0 Å². The van der Waals surface area contributed by atoms with Crippen molar-refractivity contribution in [3.63, 3.8) is 0 Å². The summed E-state index contributed by atoms with van der Waals surface area (Å²) in [5, 5.41) is 3.37. The molecule has 98 valence electrons. The Labute approximate surface area is 112 Å². The van der Waals surface area contributed by atoms with E-state index in [1.807, 2.05) is 37.4 Å². The lowest BCUT2D eigenvalue weighted by atomic mass is 10.2. The van der Waals surface area contributed by atoms with Gasteiger partial charge in [-0.1, -0.05) is 18.2 Å². The van der Waals surface area contributed by atoms with Crippen molar-refractivity contribution in [3.05, 3.63) is 53.3 Å². The van der Waals surface area contributed by atoms with Gasteiger partial charge in [-0.15, -0.1) is 0 Å². The Kier molecular flexibility index (Phi) is 3.33. The van der Waals surface area contributed by atoms with Crippen LogP contribution in [0.3, 0.4) is 0 Å². The molecule has 0 amide bonds. The van der Waals surface area contributed by atoms with E-state index in [0.717, 1.165) is 35.8 Å². The van der Waals surface area contributed by atoms with Crippen molar-refractivity contribution in [3.8, 4) is 11.5 Å². The van der Waals surface area contributed by atoms with Gasteiger partial charge in [-0.3, -0.25) is 4.98 Å². The fourth-order valence-electron chi connectivity index (χ4n) is 2.06. The van der Waals surface area contributed by atoms with Crippen molar-refractivity contribution in [2.24, 2.45) is 0 Å². The minimum atomic E-state index is 0.311. The number of nitrogens with one attached hydrogen (secondary N) is 1. The molecule has 0 unspecified atom stereocenters. The van der Waals surface area contributed by atoms with Crippen LogP contribution in [-0.2, 0) is 13.1 Å². The van der Waals surface area contributed by atoms with Crippen LogP contribution in [-0.4, -0.2) is 11.8 Å². The van der Waals surface area contributed by atoms with Crippen LogP contribution in [0.1, 0.15) is 16.8 Å². The minimum Gasteiger partial charge on any atom is -0.454 e. The summed E-state index contributed by atoms with van der Waals surface area (Å²) in [6.07, 6.45) is 1.88. The van der Waals surface area contributed by atoms with E-state index in [1.165, 1.54) is 5.56 Å². The van der Waals surface area contributed by atoms with Crippen molar-refractivity contribution in [1.82, 2.24) is 10.3 Å². The van der Waals surface area contributed by atoms with Crippen LogP contribution in [0.2, 0.25) is 0 Å². The van der Waals surface area contributed by atoms with Gasteiger partial charge in [0.2, 0.25) is 6.79 Å². The molecule has 3 rings (SSSR count). The largest absolute Gasteiger partial charge is 0.454 e. The van der Waals surface area contributed by atoms with Gasteiger partial charge in [0.1, 0.15) is 0 Å². The predicted molar refractivity (Wildman–Crippen MR) is 72.1 cm³/mol. The van der Waals surface area contributed by atoms with Crippen LogP contribution in [0.25, 0.3) is 0 Å². The molecule has 4 nitrogen and oxygen atoms in total. The quantitative estimate of drug-likeness (QED) is 0.912. The average molecular weight is 256 g/mol. The summed E-state index contributed by atoms with van der Waals surface area (Å²) < 4.78 is 10.8. The molecule has 1 N–H and O–H groups in total. The molecular formula is C15H16N2O2. The third kappa shape index (κ3) is 2.69. The smallest absolute Gasteiger partial charge is 0.231 e. The number of nitrogens with zero attached hydrogens (tertiary/aromatic N) is 1. The summed E-state index contributed by atoms with van der Waals surface area (Å²) in [4.78, 5) is 4.36. The first kappa shape index (κ1) is 12.0. The molecule has 1 aliphatic rings. The second-order valence-corrected chi connectivity index (χ2v) is 4.58. The third-order valence-corrected chi connectivity index (χ3v) is 3.07. The number of aromatic nitrogens is 1. The first-order chi connectivity index (χ1) is 9.33. The average Bonchev–Trinajstić information content (AvgIpc) is 2.90. The molecule has 1 aliphatic heterocycles. The molecule has 2 heterocycles. The molecule has 0 bridgehead atoms. The molecule has 0 aliphatic carbocycles. The number of ether oxygens (including phenoxy) is 2. The molecule has 2 aromatic rings. The molecule has 1 aromatic carbocycles. The molecule has 19 heavy (non-hydrogen) atoms. The fraction of sp³-hybridized carbons (Fsp3) is 0.267.